The van der Waals surface area contributed by atoms with E-state index in [2.05, 4.69) is 12.1 Å². The van der Waals surface area contributed by atoms with Crippen molar-refractivity contribution in [2.45, 2.75) is 24.9 Å². The Hall–Kier alpha value is -2.99. The van der Waals surface area contributed by atoms with Crippen molar-refractivity contribution in [2.75, 3.05) is 33.9 Å². The maximum absolute atomic E-state index is 13.2. The molecule has 0 bridgehead atoms. The number of nitrogens with zero attached hydrogens (tertiary/aromatic N) is 2. The number of likely N-dealkylation sites (tertiary alicyclic amines) is 1. The molecule has 1 fully saturated rings. The summed E-state index contributed by atoms with van der Waals surface area (Å²) in [6.45, 7) is 2.00. The highest BCUT2D eigenvalue weighted by atomic mass is 16.5. The Kier molecular flexibility index (Phi) is 4.66. The molecule has 0 saturated carbocycles. The van der Waals surface area contributed by atoms with Gasteiger partial charge in [-0.3, -0.25) is 4.79 Å². The molecule has 0 aliphatic carbocycles. The van der Waals surface area contributed by atoms with Gasteiger partial charge in [-0.15, -0.1) is 0 Å². The number of aromatic nitrogens is 1. The summed E-state index contributed by atoms with van der Waals surface area (Å²) in [7, 11) is 3.32. The van der Waals surface area contributed by atoms with Crippen LogP contribution in [0.4, 0.5) is 0 Å². The Morgan fingerprint density at radius 3 is 2.57 bits per heavy atom. The number of piperidine rings is 1. The van der Waals surface area contributed by atoms with Crippen molar-refractivity contribution < 1.29 is 19.0 Å². The highest BCUT2D eigenvalue weighted by Crippen LogP contribution is 2.45. The predicted octanol–water partition coefficient (Wildman–Crippen LogP) is 3.66. The largest absolute Gasteiger partial charge is 0.493 e. The van der Waals surface area contributed by atoms with Gasteiger partial charge in [0.2, 0.25) is 0 Å². The number of fused-ring (bicyclic) bond motifs is 3. The van der Waals surface area contributed by atoms with E-state index in [0.717, 1.165) is 36.3 Å². The zero-order valence-corrected chi connectivity index (χ0v) is 17.4. The molecule has 6 heteroatoms. The monoisotopic (exact) mass is 406 g/mol. The lowest BCUT2D eigenvalue weighted by Gasteiger charge is -2.45. The minimum Gasteiger partial charge on any atom is -0.493 e. The number of hydrogen-bond donors (Lipinski definition) is 0. The standard InChI is InChI=1S/C24H26N2O4/c1-28-21-15-17-8-14-30-24(19(17)16-22(21)29-2)9-12-25(13-10-24)23(27)20-7-6-18-5-3-4-11-26(18)20/h3-7,11,15-16H,8-10,12-14H2,1-2H3. The van der Waals surface area contributed by atoms with E-state index in [9.17, 15) is 4.79 Å². The number of hydrogen-bond acceptors (Lipinski definition) is 4. The first-order chi connectivity index (χ1) is 14.6. The SMILES string of the molecule is COc1cc2c(cc1OC)C1(CCN(C(=O)c3ccc4ccccn34)CC1)OCC2. The quantitative estimate of drug-likeness (QED) is 0.666. The van der Waals surface area contributed by atoms with E-state index in [4.69, 9.17) is 14.2 Å². The number of ether oxygens (including phenoxy) is 3. The first-order valence-electron chi connectivity index (χ1n) is 10.4. The number of pyridine rings is 1. The summed E-state index contributed by atoms with van der Waals surface area (Å²) in [4.78, 5) is 15.1. The van der Waals surface area contributed by atoms with Gasteiger partial charge in [0.15, 0.2) is 11.5 Å². The van der Waals surface area contributed by atoms with Crippen LogP contribution < -0.4 is 9.47 Å². The molecule has 0 atom stereocenters. The molecule has 2 aliphatic heterocycles. The van der Waals surface area contributed by atoms with Crippen molar-refractivity contribution in [1.82, 2.24) is 9.30 Å². The summed E-state index contributed by atoms with van der Waals surface area (Å²) in [5, 5.41) is 0. The van der Waals surface area contributed by atoms with E-state index in [0.29, 0.717) is 25.4 Å². The first-order valence-corrected chi connectivity index (χ1v) is 10.4. The minimum absolute atomic E-state index is 0.0689. The highest BCUT2D eigenvalue weighted by Gasteiger charge is 2.42. The predicted molar refractivity (Wildman–Crippen MR) is 113 cm³/mol. The maximum atomic E-state index is 13.2. The van der Waals surface area contributed by atoms with Crippen LogP contribution in [0.5, 0.6) is 11.5 Å². The molecule has 2 aliphatic rings. The highest BCUT2D eigenvalue weighted by molar-refractivity contribution is 5.94. The van der Waals surface area contributed by atoms with Crippen LogP contribution in [0, 0.1) is 0 Å². The maximum Gasteiger partial charge on any atom is 0.270 e. The molecule has 4 heterocycles. The summed E-state index contributed by atoms with van der Waals surface area (Å²) in [6, 6.07) is 14.0. The van der Waals surface area contributed by atoms with Gasteiger partial charge in [0.25, 0.3) is 5.91 Å². The number of carbonyl (C=O) groups is 1. The molecule has 1 amide bonds. The molecule has 1 spiro atoms. The molecular weight excluding hydrogens is 380 g/mol. The summed E-state index contributed by atoms with van der Waals surface area (Å²) < 4.78 is 19.3. The molecule has 1 saturated heterocycles. The van der Waals surface area contributed by atoms with Gasteiger partial charge in [-0.05, 0) is 66.8 Å². The van der Waals surface area contributed by atoms with Gasteiger partial charge in [0.1, 0.15) is 5.69 Å². The van der Waals surface area contributed by atoms with Crippen LogP contribution in [-0.4, -0.2) is 49.1 Å². The van der Waals surface area contributed by atoms with Crippen molar-refractivity contribution in [1.29, 1.82) is 0 Å². The Morgan fingerprint density at radius 2 is 1.80 bits per heavy atom. The lowest BCUT2D eigenvalue weighted by molar-refractivity contribution is -0.0937. The van der Waals surface area contributed by atoms with Gasteiger partial charge in [-0.2, -0.15) is 0 Å². The molecule has 6 nitrogen and oxygen atoms in total. The second kappa shape index (κ2) is 7.36. The first kappa shape index (κ1) is 19.0. The molecule has 2 aromatic heterocycles. The van der Waals surface area contributed by atoms with Crippen molar-refractivity contribution in [2.24, 2.45) is 0 Å². The third kappa shape index (κ3) is 2.94. The molecule has 156 valence electrons. The van der Waals surface area contributed by atoms with Crippen molar-refractivity contribution in [3.8, 4) is 11.5 Å². The van der Waals surface area contributed by atoms with Crippen LogP contribution >= 0.6 is 0 Å². The average Bonchev–Trinajstić information content (AvgIpc) is 3.23. The summed E-state index contributed by atoms with van der Waals surface area (Å²) in [5.74, 6) is 1.54. The second-order valence-corrected chi connectivity index (χ2v) is 7.96. The lowest BCUT2D eigenvalue weighted by atomic mass is 9.79. The summed E-state index contributed by atoms with van der Waals surface area (Å²) >= 11 is 0. The van der Waals surface area contributed by atoms with E-state index < -0.39 is 0 Å². The van der Waals surface area contributed by atoms with Gasteiger partial charge in [0.05, 0.1) is 26.4 Å². The Morgan fingerprint density at radius 1 is 1.03 bits per heavy atom. The third-order valence-corrected chi connectivity index (χ3v) is 6.49. The van der Waals surface area contributed by atoms with Crippen LogP contribution in [0.25, 0.3) is 5.52 Å². The van der Waals surface area contributed by atoms with E-state index in [-0.39, 0.29) is 11.5 Å². The van der Waals surface area contributed by atoms with Gasteiger partial charge < -0.3 is 23.5 Å². The molecule has 3 aromatic rings. The number of benzene rings is 1. The minimum atomic E-state index is -0.370. The molecule has 0 unspecified atom stereocenters. The topological polar surface area (TPSA) is 52.4 Å². The Balaban J connectivity index is 1.40. The van der Waals surface area contributed by atoms with Crippen LogP contribution in [0.1, 0.15) is 34.5 Å². The van der Waals surface area contributed by atoms with Crippen molar-refractivity contribution in [3.05, 3.63) is 65.5 Å². The fraction of sp³-hybridized carbons (Fsp3) is 0.375. The summed E-state index contributed by atoms with van der Waals surface area (Å²) in [6.07, 6.45) is 4.33. The number of methoxy groups -OCH3 is 2. The van der Waals surface area contributed by atoms with Gasteiger partial charge in [-0.25, -0.2) is 0 Å². The van der Waals surface area contributed by atoms with Crippen molar-refractivity contribution >= 4 is 11.4 Å². The lowest BCUT2D eigenvalue weighted by Crippen LogP contribution is -2.48. The van der Waals surface area contributed by atoms with E-state index in [1.165, 1.54) is 11.1 Å². The van der Waals surface area contributed by atoms with Gasteiger partial charge in [-0.1, -0.05) is 6.07 Å². The molecule has 30 heavy (non-hydrogen) atoms. The Bertz CT molecular complexity index is 1100. The molecule has 5 rings (SSSR count). The smallest absolute Gasteiger partial charge is 0.270 e. The van der Waals surface area contributed by atoms with Crippen LogP contribution in [0.2, 0.25) is 0 Å². The molecule has 0 N–H and O–H groups in total. The van der Waals surface area contributed by atoms with E-state index >= 15 is 0 Å². The summed E-state index contributed by atoms with van der Waals surface area (Å²) in [5.41, 5.74) is 3.78. The van der Waals surface area contributed by atoms with Crippen molar-refractivity contribution in [3.63, 3.8) is 0 Å². The van der Waals surface area contributed by atoms with Gasteiger partial charge in [0, 0.05) is 24.8 Å². The zero-order chi connectivity index (χ0) is 20.7. The van der Waals surface area contributed by atoms with Crippen LogP contribution in [-0.2, 0) is 16.8 Å². The normalized spacial score (nSPS) is 17.7. The van der Waals surface area contributed by atoms with Gasteiger partial charge >= 0.3 is 0 Å². The molecule has 0 radical (unpaired) electrons. The second-order valence-electron chi connectivity index (χ2n) is 7.96. The average molecular weight is 406 g/mol. The molecular formula is C24H26N2O4. The van der Waals surface area contributed by atoms with Crippen LogP contribution in [0.3, 0.4) is 0 Å². The van der Waals surface area contributed by atoms with E-state index in [1.54, 1.807) is 14.2 Å². The number of carbonyl (C=O) groups excluding carboxylic acids is 1. The van der Waals surface area contributed by atoms with Crippen LogP contribution in [0.15, 0.2) is 48.7 Å². The fourth-order valence-electron chi connectivity index (χ4n) is 4.86. The molecule has 1 aromatic carbocycles. The zero-order valence-electron chi connectivity index (χ0n) is 17.4. The number of rotatable bonds is 3. The fourth-order valence-corrected chi connectivity index (χ4v) is 4.86. The third-order valence-electron chi connectivity index (χ3n) is 6.49. The van der Waals surface area contributed by atoms with E-state index in [1.807, 2.05) is 45.8 Å². The Labute approximate surface area is 176 Å². The number of amides is 1.